The van der Waals surface area contributed by atoms with Crippen molar-refractivity contribution in [3.63, 3.8) is 0 Å². The number of anilines is 1. The largest absolute Gasteiger partial charge is 0.398 e. The van der Waals surface area contributed by atoms with Crippen LogP contribution in [0, 0.1) is 0 Å². The lowest BCUT2D eigenvalue weighted by atomic mass is 10.1. The minimum atomic E-state index is -0.0636. The summed E-state index contributed by atoms with van der Waals surface area (Å²) in [7, 11) is 1.75. The van der Waals surface area contributed by atoms with Crippen molar-refractivity contribution < 1.29 is 4.79 Å². The zero-order valence-corrected chi connectivity index (χ0v) is 10.2. The van der Waals surface area contributed by atoms with E-state index in [2.05, 4.69) is 4.98 Å². The molecule has 1 amide bonds. The lowest BCUT2D eigenvalue weighted by molar-refractivity contribution is 0.0785. The Labute approximate surface area is 106 Å². The fraction of sp³-hybridized carbons (Fsp3) is 0.143. The van der Waals surface area contributed by atoms with Crippen molar-refractivity contribution in [2.45, 2.75) is 6.54 Å². The molecule has 0 atom stereocenters. The molecule has 0 saturated heterocycles. The Morgan fingerprint density at radius 1 is 1.28 bits per heavy atom. The molecule has 0 aliphatic rings. The molecule has 4 heteroatoms. The number of amides is 1. The van der Waals surface area contributed by atoms with Crippen molar-refractivity contribution >= 4 is 11.6 Å². The molecule has 0 spiro atoms. The third kappa shape index (κ3) is 2.66. The van der Waals surface area contributed by atoms with Gasteiger partial charge in [0.2, 0.25) is 0 Å². The van der Waals surface area contributed by atoms with Crippen molar-refractivity contribution in [3.8, 4) is 0 Å². The van der Waals surface area contributed by atoms with E-state index in [0.29, 0.717) is 17.8 Å². The van der Waals surface area contributed by atoms with Crippen LogP contribution in [0.3, 0.4) is 0 Å². The fourth-order valence-corrected chi connectivity index (χ4v) is 1.72. The third-order valence-electron chi connectivity index (χ3n) is 2.72. The average Bonchev–Trinajstić information content (AvgIpc) is 2.41. The summed E-state index contributed by atoms with van der Waals surface area (Å²) in [6.45, 7) is 0.487. The molecule has 0 aliphatic carbocycles. The zero-order chi connectivity index (χ0) is 13.0. The smallest absolute Gasteiger partial charge is 0.255 e. The number of aromatic nitrogens is 1. The van der Waals surface area contributed by atoms with Gasteiger partial charge in [0.05, 0.1) is 5.56 Å². The monoisotopic (exact) mass is 241 g/mol. The Kier molecular flexibility index (Phi) is 3.57. The summed E-state index contributed by atoms with van der Waals surface area (Å²) >= 11 is 0. The molecule has 1 aromatic heterocycles. The van der Waals surface area contributed by atoms with Gasteiger partial charge in [-0.25, -0.2) is 0 Å². The first-order valence-corrected chi connectivity index (χ1v) is 5.67. The molecule has 1 aromatic carbocycles. The SMILES string of the molecule is CN(Cc1ccccc1N)C(=O)c1cccnc1. The summed E-state index contributed by atoms with van der Waals surface area (Å²) in [6.07, 6.45) is 3.21. The van der Waals surface area contributed by atoms with Crippen LogP contribution in [0.1, 0.15) is 15.9 Å². The lowest BCUT2D eigenvalue weighted by Gasteiger charge is -2.18. The lowest BCUT2D eigenvalue weighted by Crippen LogP contribution is -2.26. The molecule has 1 heterocycles. The molecule has 18 heavy (non-hydrogen) atoms. The van der Waals surface area contributed by atoms with Crippen LogP contribution in [-0.4, -0.2) is 22.8 Å². The maximum atomic E-state index is 12.1. The van der Waals surface area contributed by atoms with Crippen LogP contribution in [0.15, 0.2) is 48.8 Å². The summed E-state index contributed by atoms with van der Waals surface area (Å²) in [6, 6.07) is 11.0. The van der Waals surface area contributed by atoms with E-state index in [1.54, 1.807) is 36.5 Å². The molecular weight excluding hydrogens is 226 g/mol. The second-order valence-electron chi connectivity index (χ2n) is 4.10. The number of nitrogens with two attached hydrogens (primary N) is 1. The molecule has 92 valence electrons. The first-order chi connectivity index (χ1) is 8.68. The van der Waals surface area contributed by atoms with E-state index in [9.17, 15) is 4.79 Å². The van der Waals surface area contributed by atoms with Crippen LogP contribution in [0.5, 0.6) is 0 Å². The van der Waals surface area contributed by atoms with Crippen molar-refractivity contribution in [2.75, 3.05) is 12.8 Å². The van der Waals surface area contributed by atoms with Crippen molar-refractivity contribution in [2.24, 2.45) is 0 Å². The van der Waals surface area contributed by atoms with Gasteiger partial charge in [0, 0.05) is 31.7 Å². The number of rotatable bonds is 3. The molecule has 0 unspecified atom stereocenters. The van der Waals surface area contributed by atoms with E-state index in [4.69, 9.17) is 5.73 Å². The highest BCUT2D eigenvalue weighted by Gasteiger charge is 2.12. The van der Waals surface area contributed by atoms with Crippen LogP contribution in [-0.2, 0) is 6.54 Å². The molecule has 2 rings (SSSR count). The first-order valence-electron chi connectivity index (χ1n) is 5.67. The van der Waals surface area contributed by atoms with Gasteiger partial charge in [0.15, 0.2) is 0 Å². The Hall–Kier alpha value is -2.36. The third-order valence-corrected chi connectivity index (χ3v) is 2.72. The molecule has 0 aliphatic heterocycles. The number of carbonyl (C=O) groups is 1. The Bertz CT molecular complexity index is 540. The number of hydrogen-bond donors (Lipinski definition) is 1. The van der Waals surface area contributed by atoms with Gasteiger partial charge in [-0.2, -0.15) is 0 Å². The summed E-state index contributed by atoms with van der Waals surface area (Å²) in [5.74, 6) is -0.0636. The van der Waals surface area contributed by atoms with Gasteiger partial charge in [-0.15, -0.1) is 0 Å². The van der Waals surface area contributed by atoms with E-state index >= 15 is 0 Å². The van der Waals surface area contributed by atoms with Gasteiger partial charge in [0.25, 0.3) is 5.91 Å². The first kappa shape index (κ1) is 12.1. The minimum Gasteiger partial charge on any atom is -0.398 e. The molecule has 0 radical (unpaired) electrons. The van der Waals surface area contributed by atoms with E-state index in [1.165, 1.54) is 0 Å². The highest BCUT2D eigenvalue weighted by Crippen LogP contribution is 2.13. The number of pyridine rings is 1. The maximum Gasteiger partial charge on any atom is 0.255 e. The Balaban J connectivity index is 2.11. The van der Waals surface area contributed by atoms with Gasteiger partial charge in [0.1, 0.15) is 0 Å². The van der Waals surface area contributed by atoms with E-state index in [1.807, 2.05) is 24.3 Å². The fourth-order valence-electron chi connectivity index (χ4n) is 1.72. The average molecular weight is 241 g/mol. The second-order valence-corrected chi connectivity index (χ2v) is 4.10. The van der Waals surface area contributed by atoms with Gasteiger partial charge in [-0.3, -0.25) is 9.78 Å². The number of nitrogens with zero attached hydrogens (tertiary/aromatic N) is 2. The number of hydrogen-bond acceptors (Lipinski definition) is 3. The predicted molar refractivity (Wildman–Crippen MR) is 70.9 cm³/mol. The number of benzene rings is 1. The van der Waals surface area contributed by atoms with Crippen LogP contribution < -0.4 is 5.73 Å². The summed E-state index contributed by atoms with van der Waals surface area (Å²) in [4.78, 5) is 17.7. The normalized spacial score (nSPS) is 10.1. The predicted octanol–water partition coefficient (Wildman–Crippen LogP) is 1.94. The maximum absolute atomic E-state index is 12.1. The van der Waals surface area contributed by atoms with Gasteiger partial charge >= 0.3 is 0 Å². The Morgan fingerprint density at radius 2 is 2.06 bits per heavy atom. The van der Waals surface area contributed by atoms with Gasteiger partial charge in [-0.1, -0.05) is 18.2 Å². The van der Waals surface area contributed by atoms with E-state index < -0.39 is 0 Å². The second kappa shape index (κ2) is 5.31. The number of nitrogen functional groups attached to an aromatic ring is 1. The highest BCUT2D eigenvalue weighted by molar-refractivity contribution is 5.93. The molecular formula is C14H15N3O. The van der Waals surface area contributed by atoms with Crippen molar-refractivity contribution in [1.82, 2.24) is 9.88 Å². The summed E-state index contributed by atoms with van der Waals surface area (Å²) in [5.41, 5.74) is 8.08. The standard InChI is InChI=1S/C14H15N3O/c1-17(10-12-5-2-3-7-13(12)15)14(18)11-6-4-8-16-9-11/h2-9H,10,15H2,1H3. The number of para-hydroxylation sites is 1. The quantitative estimate of drug-likeness (QED) is 0.835. The zero-order valence-electron chi connectivity index (χ0n) is 10.2. The van der Waals surface area contributed by atoms with Crippen LogP contribution in [0.2, 0.25) is 0 Å². The van der Waals surface area contributed by atoms with Crippen LogP contribution >= 0.6 is 0 Å². The summed E-state index contributed by atoms with van der Waals surface area (Å²) < 4.78 is 0. The molecule has 2 N–H and O–H groups in total. The molecule has 0 saturated carbocycles. The van der Waals surface area contributed by atoms with Gasteiger partial charge < -0.3 is 10.6 Å². The van der Waals surface area contributed by atoms with E-state index in [-0.39, 0.29) is 5.91 Å². The van der Waals surface area contributed by atoms with Crippen molar-refractivity contribution in [1.29, 1.82) is 0 Å². The molecule has 0 fully saturated rings. The molecule has 4 nitrogen and oxygen atoms in total. The number of carbonyl (C=O) groups excluding carboxylic acids is 1. The summed E-state index contributed by atoms with van der Waals surface area (Å²) in [5, 5.41) is 0. The molecule has 0 bridgehead atoms. The van der Waals surface area contributed by atoms with E-state index in [0.717, 1.165) is 5.56 Å². The highest BCUT2D eigenvalue weighted by atomic mass is 16.2. The minimum absolute atomic E-state index is 0.0636. The topological polar surface area (TPSA) is 59.2 Å². The van der Waals surface area contributed by atoms with Crippen LogP contribution in [0.25, 0.3) is 0 Å². The van der Waals surface area contributed by atoms with Crippen molar-refractivity contribution in [3.05, 3.63) is 59.9 Å². The van der Waals surface area contributed by atoms with Crippen LogP contribution in [0.4, 0.5) is 5.69 Å². The van der Waals surface area contributed by atoms with Gasteiger partial charge in [-0.05, 0) is 23.8 Å². The Morgan fingerprint density at radius 3 is 2.72 bits per heavy atom. The molecule has 2 aromatic rings.